The summed E-state index contributed by atoms with van der Waals surface area (Å²) in [5.74, 6) is 1.76. The topological polar surface area (TPSA) is 44.5 Å². The second-order valence-corrected chi connectivity index (χ2v) is 4.23. The fourth-order valence-electron chi connectivity index (χ4n) is 2.02. The second kappa shape index (κ2) is 7.17. The molecular weight excluding hydrogens is 214 g/mol. The van der Waals surface area contributed by atoms with E-state index in [9.17, 15) is 0 Å². The van der Waals surface area contributed by atoms with Gasteiger partial charge in [-0.3, -0.25) is 0 Å². The van der Waals surface area contributed by atoms with Crippen LogP contribution in [0.25, 0.3) is 0 Å². The molecule has 3 heteroatoms. The summed E-state index contributed by atoms with van der Waals surface area (Å²) in [6.45, 7) is 2.16. The highest BCUT2D eigenvalue weighted by Gasteiger charge is 2.11. The zero-order valence-corrected chi connectivity index (χ0v) is 11.0. The van der Waals surface area contributed by atoms with Crippen LogP contribution >= 0.6 is 0 Å². The van der Waals surface area contributed by atoms with Crippen molar-refractivity contribution in [3.8, 4) is 11.5 Å². The van der Waals surface area contributed by atoms with Crippen molar-refractivity contribution in [3.05, 3.63) is 23.8 Å². The zero-order valence-electron chi connectivity index (χ0n) is 11.0. The van der Waals surface area contributed by atoms with Gasteiger partial charge in [-0.1, -0.05) is 19.4 Å². The number of hydrogen-bond donors (Lipinski definition) is 1. The van der Waals surface area contributed by atoms with Gasteiger partial charge in [0.15, 0.2) is 0 Å². The van der Waals surface area contributed by atoms with Crippen LogP contribution in [0.15, 0.2) is 18.2 Å². The number of benzene rings is 1. The number of hydrogen-bond acceptors (Lipinski definition) is 3. The molecule has 0 fully saturated rings. The molecule has 1 atom stereocenters. The Balaban J connectivity index is 2.74. The molecule has 1 rings (SSSR count). The second-order valence-electron chi connectivity index (χ2n) is 4.23. The summed E-state index contributed by atoms with van der Waals surface area (Å²) < 4.78 is 10.7. The number of rotatable bonds is 7. The first-order chi connectivity index (χ1) is 8.22. The molecule has 0 bridgehead atoms. The molecular formula is C14H23NO2. The molecule has 2 N–H and O–H groups in total. The smallest absolute Gasteiger partial charge is 0.125 e. The van der Waals surface area contributed by atoms with Crippen LogP contribution in [0.1, 0.15) is 31.7 Å². The minimum Gasteiger partial charge on any atom is -0.496 e. The van der Waals surface area contributed by atoms with Crippen LogP contribution in [0.3, 0.4) is 0 Å². The summed E-state index contributed by atoms with van der Waals surface area (Å²) >= 11 is 0. The average Bonchev–Trinajstić information content (AvgIpc) is 2.36. The highest BCUT2D eigenvalue weighted by molar-refractivity contribution is 5.44. The van der Waals surface area contributed by atoms with Crippen molar-refractivity contribution in [2.24, 2.45) is 5.73 Å². The maximum absolute atomic E-state index is 6.03. The van der Waals surface area contributed by atoms with Gasteiger partial charge in [0.05, 0.1) is 14.2 Å². The van der Waals surface area contributed by atoms with E-state index in [4.69, 9.17) is 15.2 Å². The molecule has 0 saturated carbocycles. The van der Waals surface area contributed by atoms with Crippen molar-refractivity contribution in [2.45, 2.75) is 38.6 Å². The summed E-state index contributed by atoms with van der Waals surface area (Å²) in [5.41, 5.74) is 7.15. The molecule has 0 radical (unpaired) electrons. The van der Waals surface area contributed by atoms with E-state index in [0.717, 1.165) is 42.7 Å². The Morgan fingerprint density at radius 2 is 1.71 bits per heavy atom. The van der Waals surface area contributed by atoms with E-state index in [1.165, 1.54) is 0 Å². The van der Waals surface area contributed by atoms with Crippen molar-refractivity contribution in [1.29, 1.82) is 0 Å². The number of nitrogens with two attached hydrogens (primary N) is 1. The average molecular weight is 237 g/mol. The first kappa shape index (κ1) is 13.8. The van der Waals surface area contributed by atoms with Crippen LogP contribution in [0.4, 0.5) is 0 Å². The first-order valence-corrected chi connectivity index (χ1v) is 6.18. The zero-order chi connectivity index (χ0) is 12.7. The van der Waals surface area contributed by atoms with Gasteiger partial charge in [0.25, 0.3) is 0 Å². The highest BCUT2D eigenvalue weighted by Crippen LogP contribution is 2.29. The van der Waals surface area contributed by atoms with Gasteiger partial charge in [0.2, 0.25) is 0 Å². The van der Waals surface area contributed by atoms with E-state index < -0.39 is 0 Å². The summed E-state index contributed by atoms with van der Waals surface area (Å²) in [5, 5.41) is 0. The molecule has 96 valence electrons. The van der Waals surface area contributed by atoms with E-state index in [1.807, 2.05) is 18.2 Å². The van der Waals surface area contributed by atoms with Crippen molar-refractivity contribution in [1.82, 2.24) is 0 Å². The molecule has 3 nitrogen and oxygen atoms in total. The lowest BCUT2D eigenvalue weighted by Gasteiger charge is -2.15. The van der Waals surface area contributed by atoms with Crippen LogP contribution in [0, 0.1) is 0 Å². The summed E-state index contributed by atoms with van der Waals surface area (Å²) in [7, 11) is 3.37. The molecule has 1 aromatic carbocycles. The molecule has 0 amide bonds. The monoisotopic (exact) mass is 237 g/mol. The van der Waals surface area contributed by atoms with Gasteiger partial charge in [-0.2, -0.15) is 0 Å². The van der Waals surface area contributed by atoms with Crippen molar-refractivity contribution >= 4 is 0 Å². The quantitative estimate of drug-likeness (QED) is 0.793. The van der Waals surface area contributed by atoms with Gasteiger partial charge in [-0.15, -0.1) is 0 Å². The molecule has 0 spiro atoms. The molecule has 17 heavy (non-hydrogen) atoms. The summed E-state index contributed by atoms with van der Waals surface area (Å²) in [4.78, 5) is 0. The maximum atomic E-state index is 6.03. The lowest BCUT2D eigenvalue weighted by molar-refractivity contribution is 0.382. The molecule has 1 unspecified atom stereocenters. The molecule has 0 saturated heterocycles. The fourth-order valence-corrected chi connectivity index (χ4v) is 2.02. The van der Waals surface area contributed by atoms with Gasteiger partial charge < -0.3 is 15.2 Å². The minimum absolute atomic E-state index is 0.259. The molecule has 0 aliphatic carbocycles. The molecule has 0 aromatic heterocycles. The van der Waals surface area contributed by atoms with Crippen molar-refractivity contribution in [2.75, 3.05) is 14.2 Å². The van der Waals surface area contributed by atoms with Crippen LogP contribution in [0.2, 0.25) is 0 Å². The van der Waals surface area contributed by atoms with E-state index in [2.05, 4.69) is 6.92 Å². The highest BCUT2D eigenvalue weighted by atomic mass is 16.5. The van der Waals surface area contributed by atoms with Crippen LogP contribution < -0.4 is 15.2 Å². The Morgan fingerprint density at radius 3 is 2.18 bits per heavy atom. The van der Waals surface area contributed by atoms with Gasteiger partial charge in [-0.05, 0) is 31.4 Å². The van der Waals surface area contributed by atoms with Crippen LogP contribution in [-0.2, 0) is 6.42 Å². The van der Waals surface area contributed by atoms with Gasteiger partial charge in [0, 0.05) is 11.6 Å². The first-order valence-electron chi connectivity index (χ1n) is 6.18. The Hall–Kier alpha value is -1.22. The minimum atomic E-state index is 0.259. The standard InChI is InChI=1S/C14H23NO2/c1-4-6-11(15)9-10-12-13(16-2)7-5-8-14(12)17-3/h5,7-8,11H,4,6,9-10,15H2,1-3H3. The Bertz CT molecular complexity index is 317. The third-order valence-electron chi connectivity index (χ3n) is 2.95. The van der Waals surface area contributed by atoms with Crippen LogP contribution in [-0.4, -0.2) is 20.3 Å². The normalized spacial score (nSPS) is 12.2. The molecule has 1 aromatic rings. The SMILES string of the molecule is CCCC(N)CCc1c(OC)cccc1OC. The van der Waals surface area contributed by atoms with Gasteiger partial charge in [0.1, 0.15) is 11.5 Å². The van der Waals surface area contributed by atoms with E-state index in [0.29, 0.717) is 0 Å². The van der Waals surface area contributed by atoms with Crippen molar-refractivity contribution < 1.29 is 9.47 Å². The predicted octanol–water partition coefficient (Wildman–Crippen LogP) is 2.76. The molecule has 0 heterocycles. The third-order valence-corrected chi connectivity index (χ3v) is 2.95. The fraction of sp³-hybridized carbons (Fsp3) is 0.571. The Labute approximate surface area is 104 Å². The Morgan fingerprint density at radius 1 is 1.12 bits per heavy atom. The van der Waals surface area contributed by atoms with E-state index >= 15 is 0 Å². The third kappa shape index (κ3) is 3.93. The Kier molecular flexibility index (Phi) is 5.84. The summed E-state index contributed by atoms with van der Waals surface area (Å²) in [6.07, 6.45) is 4.06. The molecule has 0 aliphatic heterocycles. The summed E-state index contributed by atoms with van der Waals surface area (Å²) in [6, 6.07) is 6.12. The maximum Gasteiger partial charge on any atom is 0.125 e. The van der Waals surface area contributed by atoms with E-state index in [-0.39, 0.29) is 6.04 Å². The largest absolute Gasteiger partial charge is 0.496 e. The predicted molar refractivity (Wildman–Crippen MR) is 70.8 cm³/mol. The lowest BCUT2D eigenvalue weighted by Crippen LogP contribution is -2.20. The van der Waals surface area contributed by atoms with E-state index in [1.54, 1.807) is 14.2 Å². The van der Waals surface area contributed by atoms with Crippen molar-refractivity contribution in [3.63, 3.8) is 0 Å². The number of ether oxygens (including phenoxy) is 2. The van der Waals surface area contributed by atoms with Gasteiger partial charge in [-0.25, -0.2) is 0 Å². The lowest BCUT2D eigenvalue weighted by atomic mass is 10.0. The van der Waals surface area contributed by atoms with Gasteiger partial charge >= 0.3 is 0 Å². The number of methoxy groups -OCH3 is 2. The molecule has 0 aliphatic rings. The van der Waals surface area contributed by atoms with Crippen LogP contribution in [0.5, 0.6) is 11.5 Å².